The van der Waals surface area contributed by atoms with E-state index in [1.54, 1.807) is 12.1 Å². The minimum atomic E-state index is -0.367. The molecular formula is C25H33N3O5. The van der Waals surface area contributed by atoms with Crippen LogP contribution in [0.1, 0.15) is 39.0 Å². The highest BCUT2D eigenvalue weighted by Gasteiger charge is 2.65. The van der Waals surface area contributed by atoms with E-state index in [4.69, 9.17) is 9.47 Å². The average Bonchev–Trinajstić information content (AvgIpc) is 3.51. The minimum absolute atomic E-state index is 0.00388. The topological polar surface area (TPSA) is 88.5 Å². The van der Waals surface area contributed by atoms with Crippen molar-refractivity contribution in [3.8, 4) is 0 Å². The van der Waals surface area contributed by atoms with E-state index in [1.165, 1.54) is 19.3 Å². The van der Waals surface area contributed by atoms with Gasteiger partial charge in [0.15, 0.2) is 0 Å². The van der Waals surface area contributed by atoms with Gasteiger partial charge in [-0.25, -0.2) is 0 Å². The Morgan fingerprint density at radius 1 is 1.15 bits per heavy atom. The van der Waals surface area contributed by atoms with Crippen molar-refractivity contribution >= 4 is 17.3 Å². The van der Waals surface area contributed by atoms with Crippen molar-refractivity contribution in [2.45, 2.75) is 50.7 Å². The number of nitro groups is 1. The lowest BCUT2D eigenvalue weighted by molar-refractivity contribution is -0.384. The highest BCUT2D eigenvalue weighted by Crippen LogP contribution is 2.62. The molecule has 2 unspecified atom stereocenters. The van der Waals surface area contributed by atoms with Crippen LogP contribution in [-0.2, 0) is 14.3 Å². The maximum absolute atomic E-state index is 12.9. The number of piperazine rings is 1. The van der Waals surface area contributed by atoms with Crippen molar-refractivity contribution in [2.75, 3.05) is 44.2 Å². The Kier molecular flexibility index (Phi) is 4.96. The number of rotatable bonds is 4. The van der Waals surface area contributed by atoms with Crippen LogP contribution in [0.25, 0.3) is 0 Å². The van der Waals surface area contributed by atoms with Crippen LogP contribution in [0.5, 0.6) is 0 Å². The van der Waals surface area contributed by atoms with Crippen LogP contribution < -0.4 is 4.90 Å². The summed E-state index contributed by atoms with van der Waals surface area (Å²) in [5.41, 5.74) is 1.46. The zero-order valence-electron chi connectivity index (χ0n) is 19.3. The number of nitrogens with zero attached hydrogens (tertiary/aromatic N) is 3. The van der Waals surface area contributed by atoms with Crippen LogP contribution in [0.4, 0.5) is 11.4 Å². The highest BCUT2D eigenvalue weighted by molar-refractivity contribution is 5.75. The zero-order chi connectivity index (χ0) is 22.8. The second-order valence-electron chi connectivity index (χ2n) is 11.2. The number of epoxide rings is 1. The fraction of sp³-hybridized carbons (Fsp3) is 0.720. The van der Waals surface area contributed by atoms with Gasteiger partial charge in [0.1, 0.15) is 6.10 Å². The smallest absolute Gasteiger partial charge is 0.310 e. The number of anilines is 1. The van der Waals surface area contributed by atoms with Gasteiger partial charge in [0, 0.05) is 56.5 Å². The molecule has 2 aliphatic carbocycles. The normalized spacial score (nSPS) is 40.3. The molecule has 0 N–H and O–H groups in total. The number of benzene rings is 1. The predicted octanol–water partition coefficient (Wildman–Crippen LogP) is 3.24. The molecule has 3 saturated heterocycles. The average molecular weight is 456 g/mol. The molecule has 0 aromatic heterocycles. The number of nitro benzene ring substituents is 1. The zero-order valence-corrected chi connectivity index (χ0v) is 19.3. The molecule has 2 saturated carbocycles. The molecule has 1 aromatic carbocycles. The molecule has 0 radical (unpaired) electrons. The lowest BCUT2D eigenvalue weighted by atomic mass is 9.53. The monoisotopic (exact) mass is 455 g/mol. The van der Waals surface area contributed by atoms with Gasteiger partial charge >= 0.3 is 5.97 Å². The van der Waals surface area contributed by atoms with E-state index in [-0.39, 0.29) is 39.6 Å². The van der Waals surface area contributed by atoms with Gasteiger partial charge in [-0.05, 0) is 55.6 Å². The molecule has 0 amide bonds. The van der Waals surface area contributed by atoms with Crippen molar-refractivity contribution in [1.82, 2.24) is 4.90 Å². The number of ether oxygens (including phenoxy) is 2. The Bertz CT molecular complexity index is 940. The maximum atomic E-state index is 12.9. The number of hydrogen-bond donors (Lipinski definition) is 0. The van der Waals surface area contributed by atoms with Gasteiger partial charge in [-0.1, -0.05) is 6.92 Å². The van der Waals surface area contributed by atoms with E-state index in [0.29, 0.717) is 11.8 Å². The van der Waals surface area contributed by atoms with E-state index in [0.717, 1.165) is 57.9 Å². The van der Waals surface area contributed by atoms with Crippen LogP contribution >= 0.6 is 0 Å². The first-order valence-corrected chi connectivity index (χ1v) is 12.4. The molecule has 0 bridgehead atoms. The second-order valence-corrected chi connectivity index (χ2v) is 11.2. The molecule has 3 aliphatic heterocycles. The third-order valence-corrected chi connectivity index (χ3v) is 9.33. The summed E-state index contributed by atoms with van der Waals surface area (Å²) in [5.74, 6) is 0.817. The van der Waals surface area contributed by atoms with Gasteiger partial charge in [0.05, 0.1) is 23.0 Å². The standard InChI is InChI=1S/C25H33N3O5/c1-24-7-2-8-25(16-32-25)22(24)13-19-20(23(29)33-21(19)14-24)15-26-9-11-27(12-10-26)17-3-5-18(6-4-17)28(30)31/h3-6,19-22H,2,7-16H2,1H3/t19-,20?,21-,22?,24-,25+/m1/s1. The maximum Gasteiger partial charge on any atom is 0.310 e. The Morgan fingerprint density at radius 3 is 2.55 bits per heavy atom. The van der Waals surface area contributed by atoms with Crippen LogP contribution in [0, 0.1) is 33.3 Å². The summed E-state index contributed by atoms with van der Waals surface area (Å²) in [5, 5.41) is 10.9. The Hall–Kier alpha value is -2.19. The summed E-state index contributed by atoms with van der Waals surface area (Å²) in [6.45, 7) is 7.53. The summed E-state index contributed by atoms with van der Waals surface area (Å²) < 4.78 is 12.0. The second kappa shape index (κ2) is 7.67. The van der Waals surface area contributed by atoms with Crippen molar-refractivity contribution in [2.24, 2.45) is 23.2 Å². The quantitative estimate of drug-likeness (QED) is 0.298. The molecule has 6 atom stereocenters. The number of esters is 1. The van der Waals surface area contributed by atoms with Crippen LogP contribution in [0.15, 0.2) is 24.3 Å². The van der Waals surface area contributed by atoms with Crippen LogP contribution in [0.2, 0.25) is 0 Å². The van der Waals surface area contributed by atoms with E-state index in [9.17, 15) is 14.9 Å². The molecule has 5 aliphatic rings. The first kappa shape index (κ1) is 21.4. The van der Waals surface area contributed by atoms with Gasteiger partial charge in [0.25, 0.3) is 5.69 Å². The predicted molar refractivity (Wildman–Crippen MR) is 122 cm³/mol. The minimum Gasteiger partial charge on any atom is -0.462 e. The fourth-order valence-corrected chi connectivity index (χ4v) is 7.42. The van der Waals surface area contributed by atoms with Gasteiger partial charge in [0.2, 0.25) is 0 Å². The van der Waals surface area contributed by atoms with Gasteiger partial charge in [-0.2, -0.15) is 0 Å². The number of carbonyl (C=O) groups excluding carboxylic acids is 1. The van der Waals surface area contributed by atoms with Gasteiger partial charge < -0.3 is 14.4 Å². The lowest BCUT2D eigenvalue weighted by Gasteiger charge is -2.51. The molecule has 3 heterocycles. The molecule has 8 nitrogen and oxygen atoms in total. The largest absolute Gasteiger partial charge is 0.462 e. The number of carbonyl (C=O) groups is 1. The van der Waals surface area contributed by atoms with Gasteiger partial charge in [-0.3, -0.25) is 19.8 Å². The fourth-order valence-electron chi connectivity index (χ4n) is 7.42. The summed E-state index contributed by atoms with van der Waals surface area (Å²) in [6.07, 6.45) is 5.73. The summed E-state index contributed by atoms with van der Waals surface area (Å²) in [6, 6.07) is 6.78. The van der Waals surface area contributed by atoms with Crippen molar-refractivity contribution in [3.05, 3.63) is 34.4 Å². The molecular weight excluding hydrogens is 422 g/mol. The van der Waals surface area contributed by atoms with Crippen molar-refractivity contribution in [3.63, 3.8) is 0 Å². The Morgan fingerprint density at radius 2 is 1.88 bits per heavy atom. The number of hydrogen-bond acceptors (Lipinski definition) is 7. The van der Waals surface area contributed by atoms with E-state index in [1.807, 2.05) is 12.1 Å². The Labute approximate surface area is 194 Å². The third-order valence-electron chi connectivity index (χ3n) is 9.33. The highest BCUT2D eigenvalue weighted by atomic mass is 16.6. The van der Waals surface area contributed by atoms with E-state index in [2.05, 4.69) is 16.7 Å². The summed E-state index contributed by atoms with van der Waals surface area (Å²) in [4.78, 5) is 28.1. The Balaban J connectivity index is 1.09. The van der Waals surface area contributed by atoms with E-state index >= 15 is 0 Å². The first-order valence-electron chi connectivity index (χ1n) is 12.4. The van der Waals surface area contributed by atoms with Crippen LogP contribution in [-0.4, -0.2) is 66.8 Å². The molecule has 5 fully saturated rings. The molecule has 1 spiro atoms. The SMILES string of the molecule is C[C@]12CCC[C@]3(CO3)C1C[C@@H]1C(CN3CCN(c4ccc([N+](=O)[O-])cc4)CC3)C(=O)O[C@@H]1C2. The van der Waals surface area contributed by atoms with Crippen LogP contribution in [0.3, 0.4) is 0 Å². The van der Waals surface area contributed by atoms with Gasteiger partial charge in [-0.15, -0.1) is 0 Å². The summed E-state index contributed by atoms with van der Waals surface area (Å²) >= 11 is 0. The third kappa shape index (κ3) is 3.62. The molecule has 1 aromatic rings. The molecule has 8 heteroatoms. The van der Waals surface area contributed by atoms with Crippen molar-refractivity contribution in [1.29, 1.82) is 0 Å². The van der Waals surface area contributed by atoms with E-state index < -0.39 is 0 Å². The first-order chi connectivity index (χ1) is 15.9. The molecule has 33 heavy (non-hydrogen) atoms. The lowest BCUT2D eigenvalue weighted by Crippen LogP contribution is -2.52. The molecule has 178 valence electrons. The summed E-state index contributed by atoms with van der Waals surface area (Å²) in [7, 11) is 0. The van der Waals surface area contributed by atoms with Crippen molar-refractivity contribution < 1.29 is 19.2 Å². The number of fused-ring (bicyclic) bond motifs is 3. The number of non-ortho nitro benzene ring substituents is 1. The molecule has 6 rings (SSSR count).